The molecule has 0 unspecified atom stereocenters. The fraction of sp³-hybridized carbons (Fsp3) is 0.368. The maximum atomic E-state index is 11.6. The van der Waals surface area contributed by atoms with Crippen molar-refractivity contribution in [2.45, 2.75) is 39.4 Å². The Bertz CT molecular complexity index is 634. The average molecular weight is 328 g/mol. The number of alkyl carbamates (subject to hydrolysis) is 1. The normalized spacial score (nSPS) is 11.0. The van der Waals surface area contributed by atoms with Crippen LogP contribution in [0.15, 0.2) is 48.7 Å². The molecule has 1 aromatic carbocycles. The van der Waals surface area contributed by atoms with Crippen LogP contribution in [-0.4, -0.2) is 23.2 Å². The number of rotatable bonds is 6. The summed E-state index contributed by atoms with van der Waals surface area (Å²) in [6, 6.07) is 13.6. The summed E-state index contributed by atoms with van der Waals surface area (Å²) in [5.74, 6) is 0.796. The van der Waals surface area contributed by atoms with E-state index < -0.39 is 11.7 Å². The van der Waals surface area contributed by atoms with E-state index in [1.807, 2.05) is 63.2 Å². The van der Waals surface area contributed by atoms with Gasteiger partial charge in [-0.05, 0) is 57.0 Å². The van der Waals surface area contributed by atoms with Crippen LogP contribution in [0.3, 0.4) is 0 Å². The number of carbonyl (C=O) groups is 1. The van der Waals surface area contributed by atoms with Crippen LogP contribution in [0, 0.1) is 0 Å². The standard InChI is InChI=1S/C19H24N2O3/c1-19(2,3)24-18(22)21-13-11-15-7-9-17(10-8-15)23-14-16-6-4-5-12-20-16/h4-10,12H,11,13-14H2,1-3H3,(H,21,22). The largest absolute Gasteiger partial charge is 0.487 e. The molecule has 24 heavy (non-hydrogen) atoms. The summed E-state index contributed by atoms with van der Waals surface area (Å²) in [5, 5.41) is 2.75. The van der Waals surface area contributed by atoms with Gasteiger partial charge in [-0.25, -0.2) is 4.79 Å². The predicted molar refractivity (Wildman–Crippen MR) is 93.0 cm³/mol. The molecule has 1 N–H and O–H groups in total. The molecule has 0 saturated heterocycles. The molecule has 128 valence electrons. The monoisotopic (exact) mass is 328 g/mol. The SMILES string of the molecule is CC(C)(C)OC(=O)NCCc1ccc(OCc2ccccn2)cc1. The summed E-state index contributed by atoms with van der Waals surface area (Å²) in [6.45, 7) is 6.51. The van der Waals surface area contributed by atoms with Gasteiger partial charge < -0.3 is 14.8 Å². The third-order valence-electron chi connectivity index (χ3n) is 3.12. The molecule has 0 radical (unpaired) electrons. The lowest BCUT2D eigenvalue weighted by Crippen LogP contribution is -2.33. The highest BCUT2D eigenvalue weighted by Crippen LogP contribution is 2.14. The van der Waals surface area contributed by atoms with Gasteiger partial charge in [0.05, 0.1) is 5.69 Å². The number of aromatic nitrogens is 1. The minimum absolute atomic E-state index is 0.391. The van der Waals surface area contributed by atoms with Crippen LogP contribution in [0.1, 0.15) is 32.0 Å². The molecule has 0 spiro atoms. The molecule has 0 aliphatic rings. The fourth-order valence-corrected chi connectivity index (χ4v) is 2.02. The first-order valence-electron chi connectivity index (χ1n) is 8.01. The first-order valence-corrected chi connectivity index (χ1v) is 8.01. The van der Waals surface area contributed by atoms with Crippen molar-refractivity contribution in [1.29, 1.82) is 0 Å². The minimum Gasteiger partial charge on any atom is -0.487 e. The summed E-state index contributed by atoms with van der Waals surface area (Å²) < 4.78 is 10.9. The van der Waals surface area contributed by atoms with Crippen LogP contribution >= 0.6 is 0 Å². The second-order valence-electron chi connectivity index (χ2n) is 6.43. The third kappa shape index (κ3) is 6.69. The van der Waals surface area contributed by atoms with Gasteiger partial charge in [0, 0.05) is 12.7 Å². The lowest BCUT2D eigenvalue weighted by Gasteiger charge is -2.19. The highest BCUT2D eigenvalue weighted by Gasteiger charge is 2.15. The van der Waals surface area contributed by atoms with E-state index in [-0.39, 0.29) is 0 Å². The Balaban J connectivity index is 1.73. The highest BCUT2D eigenvalue weighted by molar-refractivity contribution is 5.67. The van der Waals surface area contributed by atoms with Crippen molar-refractivity contribution >= 4 is 6.09 Å². The van der Waals surface area contributed by atoms with Crippen molar-refractivity contribution in [3.05, 3.63) is 59.9 Å². The Kier molecular flexibility index (Phi) is 6.18. The second kappa shape index (κ2) is 8.34. The van der Waals surface area contributed by atoms with Crippen LogP contribution in [0.4, 0.5) is 4.79 Å². The van der Waals surface area contributed by atoms with E-state index in [2.05, 4.69) is 10.3 Å². The third-order valence-corrected chi connectivity index (χ3v) is 3.12. The summed E-state index contributed by atoms with van der Waals surface area (Å²) >= 11 is 0. The number of benzene rings is 1. The smallest absolute Gasteiger partial charge is 0.407 e. The van der Waals surface area contributed by atoms with Crippen LogP contribution < -0.4 is 10.1 Å². The maximum Gasteiger partial charge on any atom is 0.407 e. The number of hydrogen-bond donors (Lipinski definition) is 1. The Labute approximate surface area is 143 Å². The Morgan fingerprint density at radius 2 is 1.88 bits per heavy atom. The van der Waals surface area contributed by atoms with Crippen LogP contribution in [0.2, 0.25) is 0 Å². The van der Waals surface area contributed by atoms with Crippen molar-refractivity contribution in [2.24, 2.45) is 0 Å². The first-order chi connectivity index (χ1) is 11.4. The lowest BCUT2D eigenvalue weighted by atomic mass is 10.1. The van der Waals surface area contributed by atoms with Crippen LogP contribution in [-0.2, 0) is 17.8 Å². The lowest BCUT2D eigenvalue weighted by molar-refractivity contribution is 0.0528. The molecular formula is C19H24N2O3. The fourth-order valence-electron chi connectivity index (χ4n) is 2.02. The summed E-state index contributed by atoms with van der Waals surface area (Å²) in [4.78, 5) is 15.8. The zero-order valence-corrected chi connectivity index (χ0v) is 14.4. The average Bonchev–Trinajstić information content (AvgIpc) is 2.53. The molecule has 1 amide bonds. The van der Waals surface area contributed by atoms with Gasteiger partial charge in [0.2, 0.25) is 0 Å². The molecule has 0 aliphatic heterocycles. The molecule has 0 atom stereocenters. The molecule has 5 heteroatoms. The van der Waals surface area contributed by atoms with Crippen molar-refractivity contribution in [3.8, 4) is 5.75 Å². The van der Waals surface area contributed by atoms with E-state index in [0.717, 1.165) is 23.4 Å². The van der Waals surface area contributed by atoms with Gasteiger partial charge in [0.25, 0.3) is 0 Å². The van der Waals surface area contributed by atoms with Gasteiger partial charge >= 0.3 is 6.09 Å². The number of hydrogen-bond acceptors (Lipinski definition) is 4. The number of nitrogens with one attached hydrogen (secondary N) is 1. The van der Waals surface area contributed by atoms with E-state index in [4.69, 9.17) is 9.47 Å². The Hall–Kier alpha value is -2.56. The predicted octanol–water partition coefficient (Wildman–Crippen LogP) is 3.73. The molecule has 5 nitrogen and oxygen atoms in total. The number of nitrogens with zero attached hydrogens (tertiary/aromatic N) is 1. The molecule has 1 heterocycles. The highest BCUT2D eigenvalue weighted by atomic mass is 16.6. The number of amides is 1. The van der Waals surface area contributed by atoms with Crippen molar-refractivity contribution in [1.82, 2.24) is 10.3 Å². The molecule has 1 aromatic heterocycles. The first kappa shape index (κ1) is 17.8. The number of carbonyl (C=O) groups excluding carboxylic acids is 1. The quantitative estimate of drug-likeness (QED) is 0.878. The number of ether oxygens (including phenoxy) is 2. The zero-order chi connectivity index (χ0) is 17.4. The topological polar surface area (TPSA) is 60.5 Å². The molecule has 0 bridgehead atoms. The van der Waals surface area contributed by atoms with Crippen LogP contribution in [0.5, 0.6) is 5.75 Å². The van der Waals surface area contributed by atoms with E-state index in [1.54, 1.807) is 6.20 Å². The van der Waals surface area contributed by atoms with Crippen molar-refractivity contribution < 1.29 is 14.3 Å². The van der Waals surface area contributed by atoms with E-state index >= 15 is 0 Å². The maximum absolute atomic E-state index is 11.6. The Morgan fingerprint density at radius 3 is 2.50 bits per heavy atom. The summed E-state index contributed by atoms with van der Waals surface area (Å²) in [7, 11) is 0. The van der Waals surface area contributed by atoms with Crippen molar-refractivity contribution in [3.63, 3.8) is 0 Å². The summed E-state index contributed by atoms with van der Waals surface area (Å²) in [6.07, 6.45) is 2.09. The molecule has 0 fully saturated rings. The molecule has 2 rings (SSSR count). The van der Waals surface area contributed by atoms with E-state index in [9.17, 15) is 4.79 Å². The van der Waals surface area contributed by atoms with Gasteiger partial charge in [-0.2, -0.15) is 0 Å². The van der Waals surface area contributed by atoms with E-state index in [0.29, 0.717) is 13.2 Å². The van der Waals surface area contributed by atoms with Gasteiger partial charge in [0.1, 0.15) is 18.0 Å². The molecular weight excluding hydrogens is 304 g/mol. The van der Waals surface area contributed by atoms with Gasteiger partial charge in [-0.1, -0.05) is 18.2 Å². The van der Waals surface area contributed by atoms with Gasteiger partial charge in [-0.3, -0.25) is 4.98 Å². The molecule has 0 saturated carbocycles. The van der Waals surface area contributed by atoms with Gasteiger partial charge in [0.15, 0.2) is 0 Å². The van der Waals surface area contributed by atoms with Gasteiger partial charge in [-0.15, -0.1) is 0 Å². The van der Waals surface area contributed by atoms with Crippen molar-refractivity contribution in [2.75, 3.05) is 6.54 Å². The second-order valence-corrected chi connectivity index (χ2v) is 6.43. The number of pyridine rings is 1. The molecule has 2 aromatic rings. The Morgan fingerprint density at radius 1 is 1.12 bits per heavy atom. The summed E-state index contributed by atoms with van der Waals surface area (Å²) in [5.41, 5.74) is 1.54. The van der Waals surface area contributed by atoms with Crippen LogP contribution in [0.25, 0.3) is 0 Å². The van der Waals surface area contributed by atoms with E-state index in [1.165, 1.54) is 0 Å². The zero-order valence-electron chi connectivity index (χ0n) is 14.4. The minimum atomic E-state index is -0.476. The molecule has 0 aliphatic carbocycles.